The number of amides is 1. The molecule has 1 aromatic carbocycles. The van der Waals surface area contributed by atoms with Gasteiger partial charge in [-0.1, -0.05) is 37.3 Å². The fourth-order valence-electron chi connectivity index (χ4n) is 1.46. The highest BCUT2D eigenvalue weighted by Gasteiger charge is 2.49. The highest BCUT2D eigenvalue weighted by atomic mass is 19.3. The van der Waals surface area contributed by atoms with Gasteiger partial charge in [0.2, 0.25) is 0 Å². The molecule has 0 aliphatic rings. The molecular weight excluding hydrogens is 250 g/mol. The van der Waals surface area contributed by atoms with Gasteiger partial charge in [0.25, 0.3) is 5.91 Å². The first-order chi connectivity index (χ1) is 8.39. The molecular formula is C12H13F4NO. The Bertz CT molecular complexity index is 394. The summed E-state index contributed by atoms with van der Waals surface area (Å²) in [5.74, 6) is -6.62. The second kappa shape index (κ2) is 5.84. The summed E-state index contributed by atoms with van der Waals surface area (Å²) in [6.07, 6.45) is -3.68. The standard InChI is InChI=1S/C12H13F4NO/c1-2-9(8-6-4-3-5-7-8)17-11(18)12(15,16)10(13)14/h3-7,9-10H,2H2,1H3,(H,17,18). The van der Waals surface area contributed by atoms with Gasteiger partial charge in [-0.25, -0.2) is 8.78 Å². The lowest BCUT2D eigenvalue weighted by Crippen LogP contribution is -2.46. The number of hydrogen-bond acceptors (Lipinski definition) is 1. The van der Waals surface area contributed by atoms with Crippen LogP contribution in [0.2, 0.25) is 0 Å². The van der Waals surface area contributed by atoms with Crippen LogP contribution in [0.25, 0.3) is 0 Å². The summed E-state index contributed by atoms with van der Waals surface area (Å²) in [6, 6.07) is 7.64. The predicted molar refractivity (Wildman–Crippen MR) is 58.6 cm³/mol. The molecule has 1 rings (SSSR count). The minimum Gasteiger partial charge on any atom is -0.344 e. The number of hydrogen-bond donors (Lipinski definition) is 1. The molecule has 0 radical (unpaired) electrons. The number of carbonyl (C=O) groups is 1. The zero-order chi connectivity index (χ0) is 13.8. The van der Waals surface area contributed by atoms with Crippen LogP contribution in [0, 0.1) is 0 Å². The number of rotatable bonds is 5. The third-order valence-corrected chi connectivity index (χ3v) is 2.49. The molecule has 18 heavy (non-hydrogen) atoms. The monoisotopic (exact) mass is 263 g/mol. The Kier molecular flexibility index (Phi) is 4.69. The number of benzene rings is 1. The van der Waals surface area contributed by atoms with E-state index in [1.807, 2.05) is 5.32 Å². The second-order valence-electron chi connectivity index (χ2n) is 3.77. The summed E-state index contributed by atoms with van der Waals surface area (Å²) < 4.78 is 49.6. The van der Waals surface area contributed by atoms with E-state index in [0.717, 1.165) is 0 Å². The summed E-state index contributed by atoms with van der Waals surface area (Å²) in [5, 5.41) is 1.94. The Labute approximate surface area is 102 Å². The normalized spacial score (nSPS) is 13.4. The Morgan fingerprint density at radius 3 is 2.28 bits per heavy atom. The quantitative estimate of drug-likeness (QED) is 0.812. The van der Waals surface area contributed by atoms with Gasteiger partial charge in [-0.2, -0.15) is 8.78 Å². The Morgan fingerprint density at radius 2 is 1.83 bits per heavy atom. The van der Waals surface area contributed by atoms with Crippen molar-refractivity contribution in [2.75, 3.05) is 0 Å². The van der Waals surface area contributed by atoms with Crippen LogP contribution in [0.1, 0.15) is 24.9 Å². The van der Waals surface area contributed by atoms with E-state index < -0.39 is 24.3 Å². The molecule has 1 aromatic rings. The molecule has 0 bridgehead atoms. The van der Waals surface area contributed by atoms with Crippen molar-refractivity contribution in [3.8, 4) is 0 Å². The van der Waals surface area contributed by atoms with Crippen molar-refractivity contribution in [3.63, 3.8) is 0 Å². The summed E-state index contributed by atoms with van der Waals surface area (Å²) in [7, 11) is 0. The van der Waals surface area contributed by atoms with E-state index in [-0.39, 0.29) is 0 Å². The molecule has 6 heteroatoms. The van der Waals surface area contributed by atoms with Crippen LogP contribution in [0.4, 0.5) is 17.6 Å². The van der Waals surface area contributed by atoms with Crippen LogP contribution < -0.4 is 5.32 Å². The second-order valence-corrected chi connectivity index (χ2v) is 3.77. The molecule has 0 saturated heterocycles. The van der Waals surface area contributed by atoms with E-state index in [0.29, 0.717) is 12.0 Å². The third-order valence-electron chi connectivity index (χ3n) is 2.49. The summed E-state index contributed by atoms with van der Waals surface area (Å²) in [4.78, 5) is 11.1. The fourth-order valence-corrected chi connectivity index (χ4v) is 1.46. The first kappa shape index (κ1) is 14.5. The average Bonchev–Trinajstić information content (AvgIpc) is 2.36. The van der Waals surface area contributed by atoms with Crippen molar-refractivity contribution < 1.29 is 22.4 Å². The lowest BCUT2D eigenvalue weighted by Gasteiger charge is -2.21. The minimum absolute atomic E-state index is 0.328. The third kappa shape index (κ3) is 3.21. The van der Waals surface area contributed by atoms with Gasteiger partial charge in [0.15, 0.2) is 0 Å². The van der Waals surface area contributed by atoms with Gasteiger partial charge in [-0.05, 0) is 12.0 Å². The SMILES string of the molecule is CCC(NC(=O)C(F)(F)C(F)F)c1ccccc1. The Morgan fingerprint density at radius 1 is 1.28 bits per heavy atom. The number of alkyl halides is 4. The highest BCUT2D eigenvalue weighted by molar-refractivity contribution is 5.84. The first-order valence-electron chi connectivity index (χ1n) is 5.41. The molecule has 1 N–H and O–H groups in total. The van der Waals surface area contributed by atoms with Crippen molar-refractivity contribution in [2.45, 2.75) is 31.7 Å². The molecule has 1 amide bonds. The van der Waals surface area contributed by atoms with E-state index in [1.54, 1.807) is 37.3 Å². The maximum atomic E-state index is 12.8. The molecule has 1 unspecified atom stereocenters. The number of halogens is 4. The van der Waals surface area contributed by atoms with E-state index in [1.165, 1.54) is 0 Å². The van der Waals surface area contributed by atoms with E-state index >= 15 is 0 Å². The van der Waals surface area contributed by atoms with Crippen molar-refractivity contribution >= 4 is 5.91 Å². The van der Waals surface area contributed by atoms with Crippen molar-refractivity contribution in [1.29, 1.82) is 0 Å². The number of carbonyl (C=O) groups excluding carboxylic acids is 1. The van der Waals surface area contributed by atoms with Gasteiger partial charge in [0, 0.05) is 0 Å². The van der Waals surface area contributed by atoms with Crippen LogP contribution in [0.3, 0.4) is 0 Å². The lowest BCUT2D eigenvalue weighted by atomic mass is 10.0. The predicted octanol–water partition coefficient (Wildman–Crippen LogP) is 3.15. The van der Waals surface area contributed by atoms with Gasteiger partial charge in [-0.3, -0.25) is 4.79 Å². The molecule has 0 fully saturated rings. The Balaban J connectivity index is 2.79. The molecule has 100 valence electrons. The molecule has 0 aromatic heterocycles. The van der Waals surface area contributed by atoms with E-state index in [4.69, 9.17) is 0 Å². The van der Waals surface area contributed by atoms with E-state index in [2.05, 4.69) is 0 Å². The zero-order valence-electron chi connectivity index (χ0n) is 9.67. The molecule has 1 atom stereocenters. The topological polar surface area (TPSA) is 29.1 Å². The highest BCUT2D eigenvalue weighted by Crippen LogP contribution is 2.25. The summed E-state index contributed by atoms with van der Waals surface area (Å²) in [6.45, 7) is 1.67. The molecule has 2 nitrogen and oxygen atoms in total. The van der Waals surface area contributed by atoms with Crippen LogP contribution in [-0.2, 0) is 4.79 Å². The van der Waals surface area contributed by atoms with Crippen molar-refractivity contribution in [2.24, 2.45) is 0 Å². The fraction of sp³-hybridized carbons (Fsp3) is 0.417. The van der Waals surface area contributed by atoms with E-state index in [9.17, 15) is 22.4 Å². The van der Waals surface area contributed by atoms with Gasteiger partial charge in [-0.15, -0.1) is 0 Å². The van der Waals surface area contributed by atoms with Crippen molar-refractivity contribution in [1.82, 2.24) is 5.32 Å². The minimum atomic E-state index is -4.66. The van der Waals surface area contributed by atoms with Crippen molar-refractivity contribution in [3.05, 3.63) is 35.9 Å². The lowest BCUT2D eigenvalue weighted by molar-refractivity contribution is -0.170. The molecule has 0 heterocycles. The maximum absolute atomic E-state index is 12.8. The molecule has 0 aliphatic carbocycles. The van der Waals surface area contributed by atoms with Gasteiger partial charge < -0.3 is 5.32 Å². The average molecular weight is 263 g/mol. The van der Waals surface area contributed by atoms with Crippen LogP contribution in [-0.4, -0.2) is 18.3 Å². The van der Waals surface area contributed by atoms with Crippen LogP contribution >= 0.6 is 0 Å². The Hall–Kier alpha value is -1.59. The van der Waals surface area contributed by atoms with Crippen LogP contribution in [0.5, 0.6) is 0 Å². The molecule has 0 spiro atoms. The first-order valence-corrected chi connectivity index (χ1v) is 5.41. The summed E-state index contributed by atoms with van der Waals surface area (Å²) >= 11 is 0. The summed E-state index contributed by atoms with van der Waals surface area (Å²) in [5.41, 5.74) is 0.596. The van der Waals surface area contributed by atoms with Gasteiger partial charge >= 0.3 is 12.3 Å². The smallest absolute Gasteiger partial charge is 0.344 e. The molecule has 0 saturated carbocycles. The maximum Gasteiger partial charge on any atom is 0.383 e. The number of nitrogens with one attached hydrogen (secondary N) is 1. The van der Waals surface area contributed by atoms with Crippen LogP contribution in [0.15, 0.2) is 30.3 Å². The van der Waals surface area contributed by atoms with Gasteiger partial charge in [0.1, 0.15) is 0 Å². The largest absolute Gasteiger partial charge is 0.383 e. The van der Waals surface area contributed by atoms with Gasteiger partial charge in [0.05, 0.1) is 6.04 Å². The molecule has 0 aliphatic heterocycles. The zero-order valence-corrected chi connectivity index (χ0v) is 9.67.